The van der Waals surface area contributed by atoms with Gasteiger partial charge in [0.25, 0.3) is 0 Å². The van der Waals surface area contributed by atoms with Crippen molar-refractivity contribution in [1.82, 2.24) is 46.6 Å². The monoisotopic (exact) mass is 1480 g/mol. The van der Waals surface area contributed by atoms with Crippen molar-refractivity contribution >= 4 is 71.0 Å². The smallest absolute Gasteiger partial charge is 0.410 e. The number of benzene rings is 2. The van der Waals surface area contributed by atoms with Gasteiger partial charge in [-0.2, -0.15) is 0 Å². The number of carbonyl (C=O) groups excluding carboxylic acids is 11. The standard InChI is InChI=1S/C78H129N11O16/c1-21-49(9)52(12)78(14,15)57(43-63(92)103-19)71(95)80-40-28-24-27-35-61(90)85-64(46(3)4)73(97)84-58(33-29-41-81-76(79)100)72(96)83-56-38-36-54(37-39-56)45-105-77(101)88(17)66(48(7)8)74(98)86-65(47(5)6)75(99)87(16)67(50(10)22-2)60(102-18)44-62(91)89-42-30-34-59(89)69(104-20)51(11)70(94)82-53(13)68(93)55-31-25-23-26-32-55/h23,25-26,31-32,36-39,46-53,57-60,64-69,93H,21-22,24,27-30,33-35,40-45H2,1-20H3,(H,80,95)(H,82,94)(H,83,96)(H,84,97)(H,85,90)(H,86,98)(H3,79,81,100)/t49?,50-,51+,52?,53+,57?,58-,59-,60+,64-,65-,66-,67-,68+,69+/m0/s1. The van der Waals surface area contributed by atoms with Gasteiger partial charge in [-0.15, -0.1) is 0 Å². The molecule has 0 radical (unpaired) electrons. The minimum atomic E-state index is -1.12. The fourth-order valence-corrected chi connectivity index (χ4v) is 13.9. The second kappa shape index (κ2) is 44.9. The summed E-state index contributed by atoms with van der Waals surface area (Å²) < 4.78 is 22.7. The maximum Gasteiger partial charge on any atom is 0.410 e. The number of urea groups is 1. The number of methoxy groups -OCH3 is 3. The van der Waals surface area contributed by atoms with Crippen molar-refractivity contribution in [3.05, 3.63) is 65.7 Å². The average molecular weight is 1480 g/mol. The number of anilines is 1. The Bertz CT molecular complexity index is 3100. The molecule has 1 fully saturated rings. The van der Waals surface area contributed by atoms with Crippen LogP contribution < -0.4 is 43.0 Å². The number of amides is 11. The molecule has 0 bridgehead atoms. The predicted octanol–water partition coefficient (Wildman–Crippen LogP) is 8.16. The van der Waals surface area contributed by atoms with E-state index in [1.807, 2.05) is 45.9 Å². The molecule has 2 aromatic carbocycles. The van der Waals surface area contributed by atoms with Crippen LogP contribution in [0.15, 0.2) is 54.6 Å². The lowest BCUT2D eigenvalue weighted by Crippen LogP contribution is -2.60. The van der Waals surface area contributed by atoms with Gasteiger partial charge in [-0.1, -0.05) is 159 Å². The first-order valence-corrected chi connectivity index (χ1v) is 37.7. The number of nitrogens with two attached hydrogens (primary N) is 1. The van der Waals surface area contributed by atoms with Gasteiger partial charge in [-0.25, -0.2) is 9.59 Å². The summed E-state index contributed by atoms with van der Waals surface area (Å²) in [4.78, 5) is 155. The van der Waals surface area contributed by atoms with E-state index in [1.165, 1.54) is 33.3 Å². The number of hydrogen-bond donors (Lipinski definition) is 9. The van der Waals surface area contributed by atoms with Crippen LogP contribution in [-0.2, 0) is 68.7 Å². The Labute approximate surface area is 624 Å². The number of nitrogens with one attached hydrogen (secondary N) is 7. The number of hydrogen-bond acceptors (Lipinski definition) is 16. The van der Waals surface area contributed by atoms with Crippen molar-refractivity contribution in [2.24, 2.45) is 58.5 Å². The molecule has 1 aliphatic heterocycles. The van der Waals surface area contributed by atoms with Gasteiger partial charge in [0.1, 0.15) is 30.8 Å². The van der Waals surface area contributed by atoms with Crippen LogP contribution in [0.25, 0.3) is 0 Å². The molecule has 15 atom stereocenters. The molecule has 1 heterocycles. The lowest BCUT2D eigenvalue weighted by Gasteiger charge is -2.41. The molecule has 27 heteroatoms. The average Bonchev–Trinajstić information content (AvgIpc) is 1.77. The number of nitrogens with zero attached hydrogens (tertiary/aromatic N) is 3. The summed E-state index contributed by atoms with van der Waals surface area (Å²) in [6.07, 6.45) is 1.52. The topological polar surface area (TPSA) is 365 Å². The van der Waals surface area contributed by atoms with Crippen molar-refractivity contribution in [2.45, 2.75) is 248 Å². The largest absolute Gasteiger partial charge is 0.469 e. The fourth-order valence-electron chi connectivity index (χ4n) is 13.9. The molecule has 11 amide bonds. The number of likely N-dealkylation sites (tertiary alicyclic amines) is 1. The van der Waals surface area contributed by atoms with Crippen molar-refractivity contribution < 1.29 is 76.8 Å². The molecular formula is C78H129N11O16. The minimum Gasteiger partial charge on any atom is -0.469 e. The Kier molecular flexibility index (Phi) is 39.1. The Morgan fingerprint density at radius 1 is 0.657 bits per heavy atom. The van der Waals surface area contributed by atoms with Crippen LogP contribution >= 0.6 is 0 Å². The third-order valence-corrected chi connectivity index (χ3v) is 21.4. The van der Waals surface area contributed by atoms with Gasteiger partial charge in [-0.3, -0.25) is 48.1 Å². The highest BCUT2D eigenvalue weighted by Crippen LogP contribution is 2.42. The summed E-state index contributed by atoms with van der Waals surface area (Å²) in [7, 11) is 7.39. The number of ether oxygens (including phenoxy) is 4. The molecule has 2 aromatic rings. The molecule has 1 saturated heterocycles. The van der Waals surface area contributed by atoms with Crippen molar-refractivity contribution in [3.8, 4) is 0 Å². The van der Waals surface area contributed by atoms with Crippen LogP contribution in [0.2, 0.25) is 0 Å². The molecule has 10 N–H and O–H groups in total. The van der Waals surface area contributed by atoms with E-state index >= 15 is 0 Å². The predicted molar refractivity (Wildman–Crippen MR) is 403 cm³/mol. The lowest BCUT2D eigenvalue weighted by molar-refractivity contribution is -0.148. The van der Waals surface area contributed by atoms with Crippen LogP contribution in [0.1, 0.15) is 198 Å². The van der Waals surface area contributed by atoms with Gasteiger partial charge in [0.2, 0.25) is 47.3 Å². The maximum absolute atomic E-state index is 14.9. The maximum atomic E-state index is 14.9. The second-order valence-corrected chi connectivity index (χ2v) is 30.2. The highest BCUT2D eigenvalue weighted by atomic mass is 16.6. The minimum absolute atomic E-state index is 0.0413. The van der Waals surface area contributed by atoms with Crippen LogP contribution in [0.3, 0.4) is 0 Å². The Hall–Kier alpha value is -7.91. The highest BCUT2D eigenvalue weighted by molar-refractivity contribution is 5.98. The Morgan fingerprint density at radius 3 is 1.84 bits per heavy atom. The number of rotatable bonds is 45. The summed E-state index contributed by atoms with van der Waals surface area (Å²) in [6.45, 7) is 29.1. The van der Waals surface area contributed by atoms with Crippen molar-refractivity contribution in [2.75, 3.05) is 60.4 Å². The number of primary amides is 1. The van der Waals surface area contributed by atoms with Crippen LogP contribution in [0.5, 0.6) is 0 Å². The molecule has 592 valence electrons. The van der Waals surface area contributed by atoms with Crippen LogP contribution in [-0.4, -0.2) is 195 Å². The van der Waals surface area contributed by atoms with E-state index in [9.17, 15) is 57.8 Å². The first-order chi connectivity index (χ1) is 49.4. The third-order valence-electron chi connectivity index (χ3n) is 21.4. The van der Waals surface area contributed by atoms with Gasteiger partial charge < -0.3 is 76.8 Å². The molecule has 0 aromatic heterocycles. The third kappa shape index (κ3) is 27.7. The second-order valence-electron chi connectivity index (χ2n) is 30.2. The first kappa shape index (κ1) is 91.3. The van der Waals surface area contributed by atoms with E-state index in [0.29, 0.717) is 74.3 Å². The van der Waals surface area contributed by atoms with Gasteiger partial charge >= 0.3 is 18.1 Å². The van der Waals surface area contributed by atoms with Gasteiger partial charge in [0.15, 0.2) is 0 Å². The first-order valence-electron chi connectivity index (χ1n) is 37.7. The lowest BCUT2D eigenvalue weighted by atomic mass is 9.64. The zero-order valence-corrected chi connectivity index (χ0v) is 66.4. The number of carbonyl (C=O) groups is 11. The van der Waals surface area contributed by atoms with Crippen molar-refractivity contribution in [1.29, 1.82) is 0 Å². The van der Waals surface area contributed by atoms with E-state index in [0.717, 1.165) is 6.42 Å². The molecule has 0 spiro atoms. The quantitative estimate of drug-likeness (QED) is 0.0223. The molecule has 0 aliphatic carbocycles. The summed E-state index contributed by atoms with van der Waals surface area (Å²) in [5.74, 6) is -6.08. The normalized spacial score (nSPS) is 17.1. The van der Waals surface area contributed by atoms with E-state index in [2.05, 4.69) is 58.0 Å². The Balaban J connectivity index is 1.66. The summed E-state index contributed by atoms with van der Waals surface area (Å²) in [6, 6.07) is 8.74. The van der Waals surface area contributed by atoms with Gasteiger partial charge in [-0.05, 0) is 110 Å². The summed E-state index contributed by atoms with van der Waals surface area (Å²) in [5.41, 5.74) is 6.32. The molecular weight excluding hydrogens is 1350 g/mol. The molecule has 3 rings (SSSR count). The van der Waals surface area contributed by atoms with Crippen LogP contribution in [0.4, 0.5) is 15.3 Å². The number of aliphatic hydroxyl groups is 1. The van der Waals surface area contributed by atoms with E-state index < -0.39 is 131 Å². The molecule has 105 heavy (non-hydrogen) atoms. The zero-order valence-electron chi connectivity index (χ0n) is 66.4. The highest BCUT2D eigenvalue weighted by Gasteiger charge is 2.46. The fraction of sp³-hybridized carbons (Fsp3) is 0.705. The van der Waals surface area contributed by atoms with Crippen LogP contribution in [0, 0.1) is 52.8 Å². The molecule has 1 aliphatic rings. The molecule has 3 unspecified atom stereocenters. The van der Waals surface area contributed by atoms with Gasteiger partial charge in [0.05, 0.1) is 68.2 Å². The van der Waals surface area contributed by atoms with Gasteiger partial charge in [0, 0.05) is 60.1 Å². The summed E-state index contributed by atoms with van der Waals surface area (Å²) >= 11 is 0. The van der Waals surface area contributed by atoms with Crippen molar-refractivity contribution in [3.63, 3.8) is 0 Å². The Morgan fingerprint density at radius 2 is 1.28 bits per heavy atom. The molecule has 0 saturated carbocycles. The zero-order chi connectivity index (χ0) is 79.2. The SMILES string of the molecule is CCC(C)C(C)C(C)(C)C(CC(=O)OC)C(=O)NCCCCCC(=O)N[C@H](C(=O)N[C@@H](CCCNC(N)=O)C(=O)Nc1ccc(COC(=O)N(C)[C@H](C(=O)N[C@H](C(=O)N(C)[C@@H]([C@@H](C)CC)[C@@H](CC(=O)N2CCC[C@H]2[C@H](OC)[C@@H](C)C(=O)N[C@H](C)[C@@H](O)c2ccccc2)OC)C(C)C)C(C)C)cc1)C(C)C. The number of unbranched alkanes of at least 4 members (excludes halogenated alkanes) is 2. The molecule has 27 nitrogen and oxygen atoms in total. The number of likely N-dealkylation sites (N-methyl/N-ethyl adjacent to an activating group) is 2. The van der Waals surface area contributed by atoms with E-state index in [-0.39, 0.29) is 86.6 Å². The number of esters is 1. The summed E-state index contributed by atoms with van der Waals surface area (Å²) in [5, 5.41) is 30.8. The number of aliphatic hydroxyl groups excluding tert-OH is 1. The van der Waals surface area contributed by atoms with E-state index in [4.69, 9.17) is 24.7 Å². The van der Waals surface area contributed by atoms with E-state index in [1.54, 1.807) is 109 Å².